The minimum atomic E-state index is -0.491. The number of fused-ring (bicyclic) bond motifs is 1. The van der Waals surface area contributed by atoms with Crippen LogP contribution in [-0.2, 0) is 17.8 Å². The van der Waals surface area contributed by atoms with Gasteiger partial charge in [0.2, 0.25) is 5.91 Å². The highest BCUT2D eigenvalue weighted by molar-refractivity contribution is 5.96. The van der Waals surface area contributed by atoms with Crippen LogP contribution in [0.25, 0.3) is 0 Å². The predicted molar refractivity (Wildman–Crippen MR) is 99.3 cm³/mol. The first kappa shape index (κ1) is 19.2. The molecule has 9 heteroatoms. The molecule has 1 unspecified atom stereocenters. The Kier molecular flexibility index (Phi) is 6.31. The van der Waals surface area contributed by atoms with E-state index >= 15 is 0 Å². The van der Waals surface area contributed by atoms with Crippen molar-refractivity contribution in [1.82, 2.24) is 30.4 Å². The number of nitrogens with one attached hydrogen (secondary N) is 3. The highest BCUT2D eigenvalue weighted by Gasteiger charge is 2.26. The van der Waals surface area contributed by atoms with Crippen molar-refractivity contribution in [2.45, 2.75) is 51.6 Å². The molecule has 3 heterocycles. The smallest absolute Gasteiger partial charge is 0.317 e. The van der Waals surface area contributed by atoms with Crippen molar-refractivity contribution in [3.05, 3.63) is 17.7 Å². The van der Waals surface area contributed by atoms with Crippen molar-refractivity contribution in [3.8, 4) is 0 Å². The van der Waals surface area contributed by atoms with E-state index in [1.54, 1.807) is 11.1 Å². The minimum absolute atomic E-state index is 0.0459. The van der Waals surface area contributed by atoms with Gasteiger partial charge in [-0.05, 0) is 19.3 Å². The number of aromatic nitrogens is 2. The number of carbonyl (C=O) groups excluding carboxylic acids is 3. The zero-order valence-corrected chi connectivity index (χ0v) is 15.8. The summed E-state index contributed by atoms with van der Waals surface area (Å²) in [5.74, 6) is 0.323. The maximum atomic E-state index is 12.4. The number of hydrogen-bond acceptors (Lipinski definition) is 4. The molecule has 0 bridgehead atoms. The Morgan fingerprint density at radius 1 is 1.33 bits per heavy atom. The van der Waals surface area contributed by atoms with Gasteiger partial charge in [-0.3, -0.25) is 9.59 Å². The van der Waals surface area contributed by atoms with E-state index in [1.165, 1.54) is 0 Å². The van der Waals surface area contributed by atoms with E-state index in [1.807, 2.05) is 4.57 Å². The Hall–Kier alpha value is -2.58. The van der Waals surface area contributed by atoms with Gasteiger partial charge in [0.15, 0.2) is 0 Å². The predicted octanol–water partition coefficient (Wildman–Crippen LogP) is 0.259. The third-order valence-corrected chi connectivity index (χ3v) is 4.99. The maximum Gasteiger partial charge on any atom is 0.317 e. The van der Waals surface area contributed by atoms with E-state index in [0.29, 0.717) is 51.3 Å². The Balaban J connectivity index is 1.56. The van der Waals surface area contributed by atoms with Crippen molar-refractivity contribution in [3.63, 3.8) is 0 Å². The van der Waals surface area contributed by atoms with Crippen LogP contribution in [0.3, 0.4) is 0 Å². The number of hydrogen-bond donors (Lipinski definition) is 3. The summed E-state index contributed by atoms with van der Waals surface area (Å²) >= 11 is 0. The standard InChI is InChI=1S/C18H28N6O3/c1-2-3-7-20-18(27)23-9-6-15-21-14(12-24(15)11-10-23)17(26)22-13-5-4-8-19-16(13)25/h12-13H,2-11H2,1H3,(H,19,25)(H,20,27)(H,22,26). The molecule has 9 nitrogen and oxygen atoms in total. The maximum absolute atomic E-state index is 12.4. The van der Waals surface area contributed by atoms with Crippen LogP contribution < -0.4 is 16.0 Å². The van der Waals surface area contributed by atoms with Gasteiger partial charge in [-0.2, -0.15) is 0 Å². The molecule has 27 heavy (non-hydrogen) atoms. The zero-order chi connectivity index (χ0) is 19.2. The van der Waals surface area contributed by atoms with E-state index in [9.17, 15) is 14.4 Å². The van der Waals surface area contributed by atoms with Gasteiger partial charge in [0.05, 0.1) is 0 Å². The lowest BCUT2D eigenvalue weighted by atomic mass is 10.1. The number of amides is 4. The van der Waals surface area contributed by atoms with Crippen molar-refractivity contribution < 1.29 is 14.4 Å². The van der Waals surface area contributed by atoms with Gasteiger partial charge in [-0.1, -0.05) is 13.3 Å². The quantitative estimate of drug-likeness (QED) is 0.641. The molecule has 0 saturated carbocycles. The molecule has 3 N–H and O–H groups in total. The summed E-state index contributed by atoms with van der Waals surface area (Å²) < 4.78 is 1.93. The molecule has 1 atom stereocenters. The second-order valence-electron chi connectivity index (χ2n) is 7.02. The summed E-state index contributed by atoms with van der Waals surface area (Å²) in [6, 6.07) is -0.537. The molecule has 0 aliphatic carbocycles. The summed E-state index contributed by atoms with van der Waals surface area (Å²) in [5, 5.41) is 8.46. The Bertz CT molecular complexity index is 676. The zero-order valence-electron chi connectivity index (χ0n) is 15.8. The van der Waals surface area contributed by atoms with Gasteiger partial charge in [-0.25, -0.2) is 9.78 Å². The topological polar surface area (TPSA) is 108 Å². The molecule has 1 aromatic rings. The highest BCUT2D eigenvalue weighted by Crippen LogP contribution is 2.11. The monoisotopic (exact) mass is 376 g/mol. The van der Waals surface area contributed by atoms with Gasteiger partial charge in [-0.15, -0.1) is 0 Å². The first-order valence-corrected chi connectivity index (χ1v) is 9.76. The lowest BCUT2D eigenvalue weighted by Crippen LogP contribution is -2.50. The normalized spacial score (nSPS) is 19.7. The number of piperidine rings is 1. The van der Waals surface area contributed by atoms with Crippen LogP contribution in [0, 0.1) is 0 Å². The molecule has 0 radical (unpaired) electrons. The van der Waals surface area contributed by atoms with Gasteiger partial charge in [0.25, 0.3) is 5.91 Å². The van der Waals surface area contributed by atoms with E-state index in [4.69, 9.17) is 0 Å². The van der Waals surface area contributed by atoms with Crippen LogP contribution in [0.5, 0.6) is 0 Å². The van der Waals surface area contributed by atoms with Crippen LogP contribution in [0.1, 0.15) is 48.9 Å². The van der Waals surface area contributed by atoms with E-state index in [-0.39, 0.29) is 17.8 Å². The highest BCUT2D eigenvalue weighted by atomic mass is 16.2. The fraction of sp³-hybridized carbons (Fsp3) is 0.667. The lowest BCUT2D eigenvalue weighted by Gasteiger charge is -2.22. The van der Waals surface area contributed by atoms with Gasteiger partial charge < -0.3 is 25.4 Å². The first-order valence-electron chi connectivity index (χ1n) is 9.76. The molecule has 2 aliphatic heterocycles. The minimum Gasteiger partial charge on any atom is -0.354 e. The van der Waals surface area contributed by atoms with Crippen LogP contribution in [0.2, 0.25) is 0 Å². The third kappa shape index (κ3) is 4.78. The molecule has 148 valence electrons. The molecule has 1 fully saturated rings. The Morgan fingerprint density at radius 3 is 2.96 bits per heavy atom. The third-order valence-electron chi connectivity index (χ3n) is 4.99. The van der Waals surface area contributed by atoms with Gasteiger partial charge in [0.1, 0.15) is 17.6 Å². The van der Waals surface area contributed by atoms with Crippen molar-refractivity contribution in [2.75, 3.05) is 26.2 Å². The van der Waals surface area contributed by atoms with Crippen LogP contribution in [0.4, 0.5) is 4.79 Å². The van der Waals surface area contributed by atoms with Gasteiger partial charge >= 0.3 is 6.03 Å². The molecule has 0 aromatic carbocycles. The molecular weight excluding hydrogens is 348 g/mol. The average molecular weight is 376 g/mol. The number of rotatable bonds is 5. The molecule has 1 aromatic heterocycles. The lowest BCUT2D eigenvalue weighted by molar-refractivity contribution is -0.124. The summed E-state index contributed by atoms with van der Waals surface area (Å²) in [4.78, 5) is 42.7. The summed E-state index contributed by atoms with van der Waals surface area (Å²) in [6.45, 7) is 5.18. The SMILES string of the molecule is CCCCNC(=O)N1CCc2nc(C(=O)NC3CCCNC3=O)cn2CC1. The Morgan fingerprint density at radius 2 is 2.19 bits per heavy atom. The molecule has 3 rings (SSSR count). The van der Waals surface area contributed by atoms with Gasteiger partial charge in [0, 0.05) is 45.3 Å². The molecular formula is C18H28N6O3. The molecule has 2 aliphatic rings. The number of urea groups is 1. The second-order valence-corrected chi connectivity index (χ2v) is 7.02. The first-order chi connectivity index (χ1) is 13.1. The molecule has 4 amide bonds. The van der Waals surface area contributed by atoms with Crippen LogP contribution in [0.15, 0.2) is 6.20 Å². The second kappa shape index (κ2) is 8.88. The summed E-state index contributed by atoms with van der Waals surface area (Å²) in [6.07, 6.45) is 5.82. The van der Waals surface area contributed by atoms with Crippen LogP contribution >= 0.6 is 0 Å². The van der Waals surface area contributed by atoms with E-state index in [2.05, 4.69) is 27.9 Å². The molecule has 1 saturated heterocycles. The Labute approximate surface area is 158 Å². The van der Waals surface area contributed by atoms with E-state index < -0.39 is 6.04 Å². The molecule has 0 spiro atoms. The average Bonchev–Trinajstić information content (AvgIpc) is 2.97. The van der Waals surface area contributed by atoms with Crippen molar-refractivity contribution >= 4 is 17.8 Å². The largest absolute Gasteiger partial charge is 0.354 e. The summed E-state index contributed by atoms with van der Waals surface area (Å²) in [5.41, 5.74) is 0.323. The van der Waals surface area contributed by atoms with E-state index in [0.717, 1.165) is 25.1 Å². The fourth-order valence-corrected chi connectivity index (χ4v) is 3.36. The number of unbranched alkanes of at least 4 members (excludes halogenated alkanes) is 1. The fourth-order valence-electron chi connectivity index (χ4n) is 3.36. The van der Waals surface area contributed by atoms with Crippen molar-refractivity contribution in [2.24, 2.45) is 0 Å². The number of nitrogens with zero attached hydrogens (tertiary/aromatic N) is 3. The number of carbonyl (C=O) groups is 3. The van der Waals surface area contributed by atoms with Crippen LogP contribution in [-0.4, -0.2) is 64.5 Å². The van der Waals surface area contributed by atoms with Crippen molar-refractivity contribution in [1.29, 1.82) is 0 Å². The summed E-state index contributed by atoms with van der Waals surface area (Å²) in [7, 11) is 0. The number of imidazole rings is 1.